The van der Waals surface area contributed by atoms with E-state index in [0.29, 0.717) is 43.1 Å². The SMILES string of the molecule is O=C(CC1c2ncccc2C(=O)N1c1ccccc1)N1CCN(c2ccccc2F)CC1. The predicted octanol–water partition coefficient (Wildman–Crippen LogP) is 3.66. The Bertz CT molecular complexity index is 1150. The maximum absolute atomic E-state index is 14.1. The number of carbonyl (C=O) groups is 2. The van der Waals surface area contributed by atoms with E-state index >= 15 is 0 Å². The highest BCUT2D eigenvalue weighted by Crippen LogP contribution is 2.38. The zero-order valence-corrected chi connectivity index (χ0v) is 17.5. The molecule has 3 aromatic rings. The maximum atomic E-state index is 14.1. The number of amides is 2. The van der Waals surface area contributed by atoms with Crippen LogP contribution in [0.2, 0.25) is 0 Å². The van der Waals surface area contributed by atoms with Gasteiger partial charge in [-0.15, -0.1) is 0 Å². The maximum Gasteiger partial charge on any atom is 0.260 e. The summed E-state index contributed by atoms with van der Waals surface area (Å²) in [5.74, 6) is -0.421. The van der Waals surface area contributed by atoms with Gasteiger partial charge in [0.1, 0.15) is 5.82 Å². The number of halogens is 1. The number of hydrogen-bond acceptors (Lipinski definition) is 4. The Morgan fingerprint density at radius 3 is 2.41 bits per heavy atom. The third kappa shape index (κ3) is 3.60. The molecule has 2 amide bonds. The number of fused-ring (bicyclic) bond motifs is 1. The van der Waals surface area contributed by atoms with E-state index in [-0.39, 0.29) is 24.1 Å². The summed E-state index contributed by atoms with van der Waals surface area (Å²) in [4.78, 5) is 36.2. The average molecular weight is 430 g/mol. The van der Waals surface area contributed by atoms with Crippen molar-refractivity contribution in [2.45, 2.75) is 12.5 Å². The average Bonchev–Trinajstić information content (AvgIpc) is 3.11. The van der Waals surface area contributed by atoms with Crippen molar-refractivity contribution in [3.63, 3.8) is 0 Å². The normalized spacial score (nSPS) is 18.1. The molecule has 0 bridgehead atoms. The van der Waals surface area contributed by atoms with Crippen molar-refractivity contribution in [2.24, 2.45) is 0 Å². The van der Waals surface area contributed by atoms with Gasteiger partial charge in [0, 0.05) is 38.1 Å². The molecule has 1 aromatic heterocycles. The molecule has 0 radical (unpaired) electrons. The number of benzene rings is 2. The summed E-state index contributed by atoms with van der Waals surface area (Å²) in [5, 5.41) is 0. The van der Waals surface area contributed by atoms with Gasteiger partial charge in [-0.25, -0.2) is 4.39 Å². The molecule has 1 unspecified atom stereocenters. The zero-order valence-electron chi connectivity index (χ0n) is 17.5. The molecule has 32 heavy (non-hydrogen) atoms. The van der Waals surface area contributed by atoms with Crippen LogP contribution in [0.5, 0.6) is 0 Å². The van der Waals surface area contributed by atoms with Crippen molar-refractivity contribution in [3.8, 4) is 0 Å². The molecule has 1 saturated heterocycles. The van der Waals surface area contributed by atoms with Crippen molar-refractivity contribution < 1.29 is 14.0 Å². The second-order valence-electron chi connectivity index (χ2n) is 7.99. The van der Waals surface area contributed by atoms with E-state index in [2.05, 4.69) is 4.98 Å². The number of anilines is 2. The molecule has 0 N–H and O–H groups in total. The first-order valence-corrected chi connectivity index (χ1v) is 10.7. The molecule has 0 saturated carbocycles. The second-order valence-corrected chi connectivity index (χ2v) is 7.99. The number of piperazine rings is 1. The summed E-state index contributed by atoms with van der Waals surface area (Å²) < 4.78 is 14.1. The predicted molar refractivity (Wildman–Crippen MR) is 120 cm³/mol. The van der Waals surface area contributed by atoms with E-state index in [9.17, 15) is 14.0 Å². The van der Waals surface area contributed by atoms with Crippen LogP contribution in [0.1, 0.15) is 28.5 Å². The van der Waals surface area contributed by atoms with Crippen LogP contribution in [0.4, 0.5) is 15.8 Å². The number of aromatic nitrogens is 1. The fraction of sp³-hybridized carbons (Fsp3) is 0.240. The van der Waals surface area contributed by atoms with Gasteiger partial charge in [-0.3, -0.25) is 19.5 Å². The number of pyridine rings is 1. The van der Waals surface area contributed by atoms with Crippen molar-refractivity contribution in [2.75, 3.05) is 36.0 Å². The molecule has 5 rings (SSSR count). The molecular weight excluding hydrogens is 407 g/mol. The van der Waals surface area contributed by atoms with Crippen molar-refractivity contribution in [1.29, 1.82) is 0 Å². The molecule has 1 atom stereocenters. The standard InChI is InChI=1S/C25H23FN4O2/c26-20-10-4-5-11-21(20)28-13-15-29(16-14-28)23(31)17-22-24-19(9-6-12-27-24)25(32)30(22)18-7-2-1-3-8-18/h1-12,22H,13-17H2. The molecule has 3 heterocycles. The smallest absolute Gasteiger partial charge is 0.260 e. The van der Waals surface area contributed by atoms with Crippen LogP contribution in [0.15, 0.2) is 72.9 Å². The van der Waals surface area contributed by atoms with E-state index in [1.54, 1.807) is 40.3 Å². The molecular formula is C25H23FN4O2. The Hall–Kier alpha value is -3.74. The number of nitrogens with zero attached hydrogens (tertiary/aromatic N) is 4. The van der Waals surface area contributed by atoms with E-state index in [0.717, 1.165) is 5.69 Å². The Morgan fingerprint density at radius 2 is 1.66 bits per heavy atom. The molecule has 6 nitrogen and oxygen atoms in total. The molecule has 2 aliphatic rings. The van der Waals surface area contributed by atoms with E-state index < -0.39 is 6.04 Å². The van der Waals surface area contributed by atoms with E-state index in [1.807, 2.05) is 41.3 Å². The lowest BCUT2D eigenvalue weighted by molar-refractivity contribution is -0.131. The van der Waals surface area contributed by atoms with Gasteiger partial charge >= 0.3 is 0 Å². The molecule has 7 heteroatoms. The fourth-order valence-electron chi connectivity index (χ4n) is 4.53. The van der Waals surface area contributed by atoms with E-state index in [1.165, 1.54) is 6.07 Å². The topological polar surface area (TPSA) is 56.8 Å². The van der Waals surface area contributed by atoms with Crippen molar-refractivity contribution >= 4 is 23.2 Å². The van der Waals surface area contributed by atoms with Gasteiger partial charge in [0.25, 0.3) is 5.91 Å². The molecule has 1 fully saturated rings. The lowest BCUT2D eigenvalue weighted by atomic mass is 10.1. The summed E-state index contributed by atoms with van der Waals surface area (Å²) >= 11 is 0. The van der Waals surface area contributed by atoms with Gasteiger partial charge in [0.15, 0.2) is 0 Å². The Balaban J connectivity index is 1.33. The fourth-order valence-corrected chi connectivity index (χ4v) is 4.53. The van der Waals surface area contributed by atoms with Crippen LogP contribution in [0.3, 0.4) is 0 Å². The summed E-state index contributed by atoms with van der Waals surface area (Å²) in [7, 11) is 0. The highest BCUT2D eigenvalue weighted by Gasteiger charge is 2.40. The molecule has 0 aliphatic carbocycles. The van der Waals surface area contributed by atoms with Gasteiger partial charge in [-0.2, -0.15) is 0 Å². The third-order valence-corrected chi connectivity index (χ3v) is 6.14. The monoisotopic (exact) mass is 430 g/mol. The van der Waals surface area contributed by atoms with Crippen molar-refractivity contribution in [3.05, 3.63) is 90.0 Å². The van der Waals surface area contributed by atoms with Gasteiger partial charge in [-0.1, -0.05) is 30.3 Å². The van der Waals surface area contributed by atoms with Crippen LogP contribution < -0.4 is 9.80 Å². The molecule has 162 valence electrons. The summed E-state index contributed by atoms with van der Waals surface area (Å²) in [5.41, 5.74) is 2.49. The highest BCUT2D eigenvalue weighted by molar-refractivity contribution is 6.11. The third-order valence-electron chi connectivity index (χ3n) is 6.14. The highest BCUT2D eigenvalue weighted by atomic mass is 19.1. The first kappa shape index (κ1) is 20.2. The molecule has 2 aliphatic heterocycles. The second kappa shape index (κ2) is 8.42. The first-order valence-electron chi connectivity index (χ1n) is 10.7. The zero-order chi connectivity index (χ0) is 22.1. The lowest BCUT2D eigenvalue weighted by Gasteiger charge is -2.37. The number of hydrogen-bond donors (Lipinski definition) is 0. The quantitative estimate of drug-likeness (QED) is 0.634. The number of rotatable bonds is 4. The minimum Gasteiger partial charge on any atom is -0.366 e. The van der Waals surface area contributed by atoms with Crippen molar-refractivity contribution in [1.82, 2.24) is 9.88 Å². The Morgan fingerprint density at radius 1 is 0.938 bits per heavy atom. The van der Waals surface area contributed by atoms with Crippen LogP contribution in [0.25, 0.3) is 0 Å². The van der Waals surface area contributed by atoms with Gasteiger partial charge in [-0.05, 0) is 36.4 Å². The first-order chi connectivity index (χ1) is 15.6. The van der Waals surface area contributed by atoms with E-state index in [4.69, 9.17) is 0 Å². The largest absolute Gasteiger partial charge is 0.366 e. The minimum atomic E-state index is -0.446. The van der Waals surface area contributed by atoms with Crippen LogP contribution in [-0.4, -0.2) is 47.9 Å². The van der Waals surface area contributed by atoms with Crippen LogP contribution in [-0.2, 0) is 4.79 Å². The minimum absolute atomic E-state index is 0.0320. The summed E-state index contributed by atoms with van der Waals surface area (Å²) in [6.07, 6.45) is 1.82. The van der Waals surface area contributed by atoms with Gasteiger partial charge in [0.2, 0.25) is 5.91 Å². The summed E-state index contributed by atoms with van der Waals surface area (Å²) in [6.45, 7) is 2.14. The summed E-state index contributed by atoms with van der Waals surface area (Å²) in [6, 6.07) is 19.1. The molecule has 0 spiro atoms. The van der Waals surface area contributed by atoms with Gasteiger partial charge in [0.05, 0.1) is 29.4 Å². The number of para-hydroxylation sites is 2. The number of carbonyl (C=O) groups excluding carboxylic acids is 2. The Labute approximate surface area is 185 Å². The van der Waals surface area contributed by atoms with Crippen LogP contribution >= 0.6 is 0 Å². The van der Waals surface area contributed by atoms with Crippen LogP contribution in [0, 0.1) is 5.82 Å². The lowest BCUT2D eigenvalue weighted by Crippen LogP contribution is -2.49. The van der Waals surface area contributed by atoms with Gasteiger partial charge < -0.3 is 9.80 Å². The Kier molecular flexibility index (Phi) is 5.31. The molecule has 2 aromatic carbocycles.